The minimum Gasteiger partial charge on any atom is -0.309 e. The Morgan fingerprint density at radius 1 is 0.389 bits per heavy atom. The van der Waals surface area contributed by atoms with Crippen molar-refractivity contribution in [3.63, 3.8) is 0 Å². The number of aromatic nitrogens is 2. The molecule has 0 amide bonds. The summed E-state index contributed by atoms with van der Waals surface area (Å²) < 4.78 is 97.5. The first-order valence-corrected chi connectivity index (χ1v) is 23.8. The van der Waals surface area contributed by atoms with E-state index < -0.39 is 39.9 Å². The minimum absolute atomic E-state index is 0.0392. The zero-order chi connectivity index (χ0) is 49.8. The Balaban J connectivity index is 1.22. The normalized spacial score (nSPS) is 14.5. The Kier molecular flexibility index (Phi) is 9.00. The van der Waals surface area contributed by atoms with Crippen LogP contribution in [-0.4, -0.2) is 9.13 Å². The number of hydrogen-bond acceptors (Lipinski definition) is 1. The molecular weight excluding hydrogens is 913 g/mol. The van der Waals surface area contributed by atoms with Gasteiger partial charge in [-0.15, -0.1) is 0 Å². The van der Waals surface area contributed by atoms with Crippen molar-refractivity contribution < 1.29 is 26.3 Å². The molecule has 3 nitrogen and oxygen atoms in total. The first-order chi connectivity index (χ1) is 34.5. The fourth-order valence-corrected chi connectivity index (χ4v) is 12.8. The third-order valence-electron chi connectivity index (χ3n) is 15.6. The zero-order valence-corrected chi connectivity index (χ0v) is 39.4. The standard InChI is InChI=1S/C63H41F6N3/c1-60(2)43-22-9-5-17-36(43)38-30-32-51-56(58(38)60)40-19-7-11-26-47(40)71(51)49-28-13-16-35(34-70)53(49)55-42(54-45(62(64,65)66)24-15-25-46(54)63(67,68)69)21-14-29-50(55)72-48-27-12-8-20-41(48)57-52(72)33-31-39-37-18-6-10-23-44(37)61(3,4)59(39)57/h5-33H,1-4H3. The molecule has 2 aliphatic rings. The van der Waals surface area contributed by atoms with E-state index in [9.17, 15) is 5.26 Å². The van der Waals surface area contributed by atoms with E-state index in [1.165, 1.54) is 17.7 Å². The monoisotopic (exact) mass is 953 g/mol. The van der Waals surface area contributed by atoms with Gasteiger partial charge in [0, 0.05) is 49.1 Å². The quantitative estimate of drug-likeness (QED) is 0.162. The van der Waals surface area contributed by atoms with Crippen LogP contribution in [0.25, 0.3) is 99.5 Å². The number of benzene rings is 9. The summed E-state index contributed by atoms with van der Waals surface area (Å²) in [5, 5.41) is 15.0. The van der Waals surface area contributed by atoms with E-state index in [4.69, 9.17) is 0 Å². The predicted molar refractivity (Wildman–Crippen MR) is 276 cm³/mol. The van der Waals surface area contributed by atoms with E-state index in [2.05, 4.69) is 70.2 Å². The Bertz CT molecular complexity index is 4180. The molecule has 72 heavy (non-hydrogen) atoms. The lowest BCUT2D eigenvalue weighted by Crippen LogP contribution is -2.15. The van der Waals surface area contributed by atoms with Gasteiger partial charge >= 0.3 is 12.4 Å². The van der Waals surface area contributed by atoms with Gasteiger partial charge in [-0.05, 0) is 105 Å². The van der Waals surface area contributed by atoms with Crippen molar-refractivity contribution in [3.05, 3.63) is 215 Å². The Morgan fingerprint density at radius 3 is 1.29 bits per heavy atom. The molecule has 0 saturated heterocycles. The average molecular weight is 954 g/mol. The van der Waals surface area contributed by atoms with Crippen LogP contribution in [0.5, 0.6) is 0 Å². The minimum atomic E-state index is -5.20. The number of para-hydroxylation sites is 2. The topological polar surface area (TPSA) is 33.6 Å². The van der Waals surface area contributed by atoms with Crippen molar-refractivity contribution in [3.8, 4) is 62.0 Å². The van der Waals surface area contributed by atoms with Crippen LogP contribution in [0.2, 0.25) is 0 Å². The van der Waals surface area contributed by atoms with Gasteiger partial charge < -0.3 is 9.13 Å². The van der Waals surface area contributed by atoms with Gasteiger partial charge in [0.15, 0.2) is 0 Å². The van der Waals surface area contributed by atoms with Crippen LogP contribution in [0.15, 0.2) is 176 Å². The van der Waals surface area contributed by atoms with Crippen LogP contribution in [0.4, 0.5) is 26.3 Å². The van der Waals surface area contributed by atoms with Crippen molar-refractivity contribution in [1.29, 1.82) is 5.26 Å². The lowest BCUT2D eigenvalue weighted by molar-refractivity contribution is -0.142. The van der Waals surface area contributed by atoms with Crippen molar-refractivity contribution >= 4 is 43.6 Å². The Morgan fingerprint density at radius 2 is 0.806 bits per heavy atom. The molecule has 0 saturated carbocycles. The van der Waals surface area contributed by atoms with E-state index >= 15 is 26.3 Å². The van der Waals surface area contributed by atoms with E-state index in [0.29, 0.717) is 34.5 Å². The first-order valence-electron chi connectivity index (χ1n) is 23.8. The summed E-state index contributed by atoms with van der Waals surface area (Å²) >= 11 is 0. The Hall–Kier alpha value is -8.35. The molecule has 9 heteroatoms. The highest BCUT2D eigenvalue weighted by Gasteiger charge is 2.44. The first kappa shape index (κ1) is 43.7. The van der Waals surface area contributed by atoms with E-state index in [-0.39, 0.29) is 22.3 Å². The van der Waals surface area contributed by atoms with E-state index in [1.54, 1.807) is 18.2 Å². The number of fused-ring (bicyclic) bond motifs is 14. The van der Waals surface area contributed by atoms with Crippen LogP contribution in [0.1, 0.15) is 66.6 Å². The second kappa shape index (κ2) is 14.8. The number of hydrogen-bond donors (Lipinski definition) is 0. The fraction of sp³-hybridized carbons (Fsp3) is 0.127. The van der Waals surface area contributed by atoms with E-state index in [0.717, 1.165) is 77.6 Å². The fourth-order valence-electron chi connectivity index (χ4n) is 12.8. The number of rotatable bonds is 4. The molecule has 0 unspecified atom stereocenters. The highest BCUT2D eigenvalue weighted by Crippen LogP contribution is 2.57. The molecule has 0 atom stereocenters. The largest absolute Gasteiger partial charge is 0.417 e. The second-order valence-corrected chi connectivity index (χ2v) is 20.0. The Labute approximate surface area is 410 Å². The maximum atomic E-state index is 15.6. The predicted octanol–water partition coefficient (Wildman–Crippen LogP) is 17.7. The second-order valence-electron chi connectivity index (χ2n) is 20.0. The van der Waals surface area contributed by atoms with Crippen LogP contribution < -0.4 is 0 Å². The van der Waals surface area contributed by atoms with E-state index in [1.807, 2.05) is 100 Å². The SMILES string of the molecule is CC1(C)c2ccccc2-c2ccc3c(c21)c1ccccc1n3-c1cccc(C#N)c1-c1c(-c2c(C(F)(F)F)cccc2C(F)(F)F)cccc1-n1c2ccccc2c2c3c(ccc21)-c1ccccc1C3(C)C. The zero-order valence-electron chi connectivity index (χ0n) is 39.4. The number of halogens is 6. The molecule has 0 N–H and O–H groups in total. The maximum absolute atomic E-state index is 15.6. The molecule has 9 aromatic carbocycles. The highest BCUT2D eigenvalue weighted by molar-refractivity contribution is 6.17. The van der Waals surface area contributed by atoms with Crippen molar-refractivity contribution in [2.45, 2.75) is 50.9 Å². The van der Waals surface area contributed by atoms with Crippen molar-refractivity contribution in [2.24, 2.45) is 0 Å². The summed E-state index contributed by atoms with van der Waals surface area (Å²) in [6.45, 7) is 8.76. The average Bonchev–Trinajstić information content (AvgIpc) is 4.04. The smallest absolute Gasteiger partial charge is 0.309 e. The highest BCUT2D eigenvalue weighted by atomic mass is 19.4. The molecule has 0 bridgehead atoms. The summed E-state index contributed by atoms with van der Waals surface area (Å²) in [4.78, 5) is 0. The number of nitrogens with zero attached hydrogens (tertiary/aromatic N) is 3. The molecule has 13 rings (SSSR count). The summed E-state index contributed by atoms with van der Waals surface area (Å²) in [6, 6.07) is 54.8. The van der Waals surface area contributed by atoms with Gasteiger partial charge in [0.25, 0.3) is 0 Å². The molecule has 2 heterocycles. The molecule has 0 fully saturated rings. The third-order valence-corrected chi connectivity index (χ3v) is 15.6. The molecule has 350 valence electrons. The van der Waals surface area contributed by atoms with Crippen LogP contribution in [-0.2, 0) is 23.2 Å². The van der Waals surface area contributed by atoms with Gasteiger partial charge in [-0.2, -0.15) is 31.6 Å². The molecule has 0 spiro atoms. The number of nitriles is 1. The summed E-state index contributed by atoms with van der Waals surface area (Å²) in [6.07, 6.45) is -10.4. The molecule has 11 aromatic rings. The molecule has 0 radical (unpaired) electrons. The summed E-state index contributed by atoms with van der Waals surface area (Å²) in [5.74, 6) is 0. The molecule has 2 aliphatic carbocycles. The maximum Gasteiger partial charge on any atom is 0.417 e. The third kappa shape index (κ3) is 5.80. The summed E-state index contributed by atoms with van der Waals surface area (Å²) in [5.41, 5.74) is 7.60. The van der Waals surface area contributed by atoms with Gasteiger partial charge in [0.2, 0.25) is 0 Å². The van der Waals surface area contributed by atoms with Gasteiger partial charge in [-0.25, -0.2) is 0 Å². The van der Waals surface area contributed by atoms with Gasteiger partial charge in [-0.3, -0.25) is 0 Å². The summed E-state index contributed by atoms with van der Waals surface area (Å²) in [7, 11) is 0. The van der Waals surface area contributed by atoms with Crippen LogP contribution in [0, 0.1) is 11.3 Å². The van der Waals surface area contributed by atoms with Crippen molar-refractivity contribution in [1.82, 2.24) is 9.13 Å². The van der Waals surface area contributed by atoms with Gasteiger partial charge in [0.05, 0.1) is 56.2 Å². The molecule has 2 aromatic heterocycles. The van der Waals surface area contributed by atoms with Gasteiger partial charge in [0.1, 0.15) is 0 Å². The molecule has 0 aliphatic heterocycles. The molecular formula is C63H41F6N3. The number of alkyl halides is 6. The van der Waals surface area contributed by atoms with Crippen molar-refractivity contribution in [2.75, 3.05) is 0 Å². The lowest BCUT2D eigenvalue weighted by Gasteiger charge is -2.26. The van der Waals surface area contributed by atoms with Crippen LogP contribution in [0.3, 0.4) is 0 Å². The lowest BCUT2D eigenvalue weighted by atomic mass is 9.80. The van der Waals surface area contributed by atoms with Crippen LogP contribution >= 0.6 is 0 Å². The van der Waals surface area contributed by atoms with Gasteiger partial charge in [-0.1, -0.05) is 149 Å².